The Morgan fingerprint density at radius 3 is 2.43 bits per heavy atom. The predicted octanol–water partition coefficient (Wildman–Crippen LogP) is 1.33. The zero-order chi connectivity index (χ0) is 10.6. The second-order valence-electron chi connectivity index (χ2n) is 2.67. The Balaban J connectivity index is 2.65. The molecule has 0 saturated heterocycles. The Labute approximate surface area is 91.2 Å². The number of halogens is 1. The van der Waals surface area contributed by atoms with Crippen LogP contribution in [0.2, 0.25) is 0 Å². The molecule has 0 saturated carbocycles. The van der Waals surface area contributed by atoms with Gasteiger partial charge in [0.1, 0.15) is 0 Å². The lowest BCUT2D eigenvalue weighted by atomic mass is 10.2. The van der Waals surface area contributed by atoms with Gasteiger partial charge in [-0.2, -0.15) is 5.10 Å². The summed E-state index contributed by atoms with van der Waals surface area (Å²) in [5.74, 6) is 0. The summed E-state index contributed by atoms with van der Waals surface area (Å²) in [4.78, 5) is 2.01. The zero-order valence-corrected chi connectivity index (χ0v) is 9.84. The molecule has 0 radical (unpaired) electrons. The average molecular weight is 277 g/mol. The van der Waals surface area contributed by atoms with Crippen LogP contribution in [0.3, 0.4) is 0 Å². The number of hydrogen-bond acceptors (Lipinski definition) is 3. The molecule has 0 aromatic heterocycles. The summed E-state index contributed by atoms with van der Waals surface area (Å²) in [6, 6.07) is 7.33. The maximum absolute atomic E-state index is 10.6. The monoisotopic (exact) mass is 276 g/mol. The zero-order valence-electron chi connectivity index (χ0n) is 7.44. The van der Waals surface area contributed by atoms with Crippen molar-refractivity contribution < 1.29 is 8.42 Å². The summed E-state index contributed by atoms with van der Waals surface area (Å²) < 4.78 is 22.3. The smallest absolute Gasteiger partial charge is 0.206 e. The number of nitrogens with one attached hydrogen (secondary N) is 1. The highest BCUT2D eigenvalue weighted by molar-refractivity contribution is 9.10. The molecule has 4 nitrogen and oxygen atoms in total. The van der Waals surface area contributed by atoms with Gasteiger partial charge in [-0.3, -0.25) is 0 Å². The third-order valence-electron chi connectivity index (χ3n) is 1.30. The molecule has 0 amide bonds. The average Bonchev–Trinajstić information content (AvgIpc) is 2.06. The largest absolute Gasteiger partial charge is 0.244 e. The van der Waals surface area contributed by atoms with Crippen molar-refractivity contribution in [1.29, 1.82) is 0 Å². The fraction of sp³-hybridized carbons (Fsp3) is 0.125. The van der Waals surface area contributed by atoms with Crippen molar-refractivity contribution >= 4 is 32.2 Å². The third kappa shape index (κ3) is 4.38. The molecule has 0 spiro atoms. The molecule has 1 rings (SSSR count). The highest BCUT2D eigenvalue weighted by Gasteiger charge is 1.94. The Morgan fingerprint density at radius 1 is 1.36 bits per heavy atom. The lowest BCUT2D eigenvalue weighted by Crippen LogP contribution is -2.15. The van der Waals surface area contributed by atoms with Crippen molar-refractivity contribution in [3.05, 3.63) is 34.3 Å². The molecule has 76 valence electrons. The van der Waals surface area contributed by atoms with Gasteiger partial charge in [0.15, 0.2) is 0 Å². The second-order valence-corrected chi connectivity index (χ2v) is 5.32. The normalized spacial score (nSPS) is 11.9. The first kappa shape index (κ1) is 11.2. The molecule has 0 aliphatic rings. The number of sulfonamides is 1. The van der Waals surface area contributed by atoms with Crippen LogP contribution in [0.15, 0.2) is 33.8 Å². The molecule has 1 aromatic carbocycles. The van der Waals surface area contributed by atoms with Crippen molar-refractivity contribution in [2.45, 2.75) is 0 Å². The summed E-state index contributed by atoms with van der Waals surface area (Å²) in [6.45, 7) is 0. The fourth-order valence-corrected chi connectivity index (χ4v) is 1.25. The van der Waals surface area contributed by atoms with Gasteiger partial charge in [0.05, 0.1) is 12.5 Å². The van der Waals surface area contributed by atoms with E-state index >= 15 is 0 Å². The molecule has 6 heteroatoms. The van der Waals surface area contributed by atoms with E-state index in [4.69, 9.17) is 0 Å². The van der Waals surface area contributed by atoms with Crippen LogP contribution in [0.25, 0.3) is 0 Å². The third-order valence-corrected chi connectivity index (χ3v) is 2.27. The first-order valence-electron chi connectivity index (χ1n) is 3.73. The van der Waals surface area contributed by atoms with Crippen LogP contribution >= 0.6 is 15.9 Å². The lowest BCUT2D eigenvalue weighted by molar-refractivity contribution is 0.591. The lowest BCUT2D eigenvalue weighted by Gasteiger charge is -1.95. The van der Waals surface area contributed by atoms with Crippen LogP contribution < -0.4 is 4.83 Å². The highest BCUT2D eigenvalue weighted by atomic mass is 79.9. The van der Waals surface area contributed by atoms with Crippen LogP contribution in [-0.4, -0.2) is 20.9 Å². The van der Waals surface area contributed by atoms with E-state index in [0.717, 1.165) is 16.3 Å². The van der Waals surface area contributed by atoms with Crippen LogP contribution in [0.1, 0.15) is 5.56 Å². The second kappa shape index (κ2) is 4.56. The molecular formula is C8H9BrN2O2S. The topological polar surface area (TPSA) is 58.5 Å². The van der Waals surface area contributed by atoms with E-state index in [1.165, 1.54) is 6.21 Å². The number of benzene rings is 1. The summed E-state index contributed by atoms with van der Waals surface area (Å²) in [7, 11) is -3.26. The van der Waals surface area contributed by atoms with Crippen LogP contribution in [0, 0.1) is 0 Å². The Bertz CT molecular complexity index is 425. The maximum atomic E-state index is 10.6. The van der Waals surface area contributed by atoms with Gasteiger partial charge in [0.2, 0.25) is 10.0 Å². The van der Waals surface area contributed by atoms with E-state index < -0.39 is 10.0 Å². The summed E-state index contributed by atoms with van der Waals surface area (Å²) in [5, 5.41) is 3.56. The van der Waals surface area contributed by atoms with Gasteiger partial charge >= 0.3 is 0 Å². The molecule has 0 aliphatic heterocycles. The number of nitrogens with zero attached hydrogens (tertiary/aromatic N) is 1. The van der Waals surface area contributed by atoms with Crippen molar-refractivity contribution in [1.82, 2.24) is 4.83 Å². The van der Waals surface area contributed by atoms with Gasteiger partial charge in [-0.15, -0.1) is 0 Å². The van der Waals surface area contributed by atoms with Gasteiger partial charge in [-0.25, -0.2) is 13.2 Å². The van der Waals surface area contributed by atoms with E-state index in [9.17, 15) is 8.42 Å². The summed E-state index contributed by atoms with van der Waals surface area (Å²) in [6.07, 6.45) is 2.49. The molecule has 1 N–H and O–H groups in total. The fourth-order valence-electron chi connectivity index (χ4n) is 0.745. The van der Waals surface area contributed by atoms with E-state index in [2.05, 4.69) is 21.0 Å². The minimum absolute atomic E-state index is 0.823. The summed E-state index contributed by atoms with van der Waals surface area (Å²) in [5.41, 5.74) is 0.823. The van der Waals surface area contributed by atoms with Gasteiger partial charge in [0, 0.05) is 4.47 Å². The van der Waals surface area contributed by atoms with Gasteiger partial charge < -0.3 is 0 Å². The molecule has 14 heavy (non-hydrogen) atoms. The molecule has 0 aliphatic carbocycles. The highest BCUT2D eigenvalue weighted by Crippen LogP contribution is 2.08. The Hall–Kier alpha value is -0.880. The predicted molar refractivity (Wildman–Crippen MR) is 59.7 cm³/mol. The van der Waals surface area contributed by atoms with Gasteiger partial charge in [0.25, 0.3) is 0 Å². The van der Waals surface area contributed by atoms with Crippen LogP contribution in [0.5, 0.6) is 0 Å². The number of hydrogen-bond donors (Lipinski definition) is 1. The van der Waals surface area contributed by atoms with E-state index in [0.29, 0.717) is 0 Å². The molecule has 0 heterocycles. The van der Waals surface area contributed by atoms with Crippen LogP contribution in [-0.2, 0) is 10.0 Å². The molecular weight excluding hydrogens is 268 g/mol. The molecule has 0 bridgehead atoms. The quantitative estimate of drug-likeness (QED) is 0.669. The van der Waals surface area contributed by atoms with E-state index in [1.54, 1.807) is 0 Å². The van der Waals surface area contributed by atoms with E-state index in [1.807, 2.05) is 29.1 Å². The summed E-state index contributed by atoms with van der Waals surface area (Å²) >= 11 is 3.29. The molecule has 0 fully saturated rings. The molecule has 1 aromatic rings. The number of hydrazone groups is 1. The minimum Gasteiger partial charge on any atom is -0.206 e. The number of rotatable bonds is 3. The first-order chi connectivity index (χ1) is 6.47. The van der Waals surface area contributed by atoms with Crippen LogP contribution in [0.4, 0.5) is 0 Å². The first-order valence-corrected chi connectivity index (χ1v) is 6.41. The van der Waals surface area contributed by atoms with Crippen molar-refractivity contribution in [2.24, 2.45) is 5.10 Å². The van der Waals surface area contributed by atoms with E-state index in [-0.39, 0.29) is 0 Å². The standard InChI is InChI=1S/C8H9BrN2O2S/c1-14(12,13)11-10-6-7-2-4-8(9)5-3-7/h2-6,11H,1H3/b10-6+. The van der Waals surface area contributed by atoms with Crippen molar-refractivity contribution in [3.8, 4) is 0 Å². The SMILES string of the molecule is CS(=O)(=O)N/N=C/c1ccc(Br)cc1. The van der Waals surface area contributed by atoms with Gasteiger partial charge in [-0.1, -0.05) is 28.1 Å². The van der Waals surface area contributed by atoms with Gasteiger partial charge in [-0.05, 0) is 17.7 Å². The molecule has 0 atom stereocenters. The van der Waals surface area contributed by atoms with Crippen molar-refractivity contribution in [2.75, 3.05) is 6.26 Å². The minimum atomic E-state index is -3.26. The Kier molecular flexibility index (Phi) is 3.65. The Morgan fingerprint density at radius 2 is 1.93 bits per heavy atom. The maximum Gasteiger partial charge on any atom is 0.244 e. The van der Waals surface area contributed by atoms with Crippen molar-refractivity contribution in [3.63, 3.8) is 0 Å². The molecule has 0 unspecified atom stereocenters.